The summed E-state index contributed by atoms with van der Waals surface area (Å²) < 4.78 is 5.85. The summed E-state index contributed by atoms with van der Waals surface area (Å²) in [6, 6.07) is 9.90. The highest BCUT2D eigenvalue weighted by Gasteiger charge is 2.15. The molecule has 3 aromatic rings. The molecule has 0 bridgehead atoms. The minimum Gasteiger partial charge on any atom is -0.459 e. The average Bonchev–Trinajstić information content (AvgIpc) is 2.91. The Morgan fingerprint density at radius 3 is 2.81 bits per heavy atom. The van der Waals surface area contributed by atoms with Crippen molar-refractivity contribution in [3.63, 3.8) is 0 Å². The van der Waals surface area contributed by atoms with Gasteiger partial charge in [-0.15, -0.1) is 0 Å². The van der Waals surface area contributed by atoms with E-state index in [4.69, 9.17) is 16.0 Å². The van der Waals surface area contributed by atoms with Gasteiger partial charge in [0.25, 0.3) is 0 Å². The minimum atomic E-state index is -0.0459. The fourth-order valence-electron chi connectivity index (χ4n) is 2.19. The number of hydrogen-bond donors (Lipinski definition) is 2. The molecule has 2 heterocycles. The quantitative estimate of drug-likeness (QED) is 0.711. The van der Waals surface area contributed by atoms with Crippen LogP contribution in [0.25, 0.3) is 11.0 Å². The Hall–Kier alpha value is -2.27. The minimum absolute atomic E-state index is 0.0459. The summed E-state index contributed by atoms with van der Waals surface area (Å²) in [4.78, 5) is 8.17. The predicted molar refractivity (Wildman–Crippen MR) is 84.8 cm³/mol. The number of para-hydroxylation sites is 1. The van der Waals surface area contributed by atoms with E-state index in [1.54, 1.807) is 7.05 Å². The Balaban J connectivity index is 1.89. The highest BCUT2D eigenvalue weighted by atomic mass is 35.5. The van der Waals surface area contributed by atoms with Crippen LogP contribution in [0, 0.1) is 0 Å². The summed E-state index contributed by atoms with van der Waals surface area (Å²) in [6.45, 7) is 2.01. The Morgan fingerprint density at radius 1 is 1.24 bits per heavy atom. The molecule has 1 aromatic carbocycles. The number of nitrogens with zero attached hydrogens (tertiary/aromatic N) is 2. The molecular weight excluding hydrogens is 288 g/mol. The first-order valence-corrected chi connectivity index (χ1v) is 7.00. The number of rotatable bonds is 4. The molecule has 2 N–H and O–H groups in total. The van der Waals surface area contributed by atoms with Crippen LogP contribution in [0.1, 0.15) is 18.7 Å². The molecule has 0 saturated carbocycles. The van der Waals surface area contributed by atoms with Gasteiger partial charge >= 0.3 is 0 Å². The van der Waals surface area contributed by atoms with Gasteiger partial charge in [0.05, 0.1) is 6.04 Å². The van der Waals surface area contributed by atoms with Crippen LogP contribution in [0.5, 0.6) is 0 Å². The van der Waals surface area contributed by atoms with E-state index in [1.165, 1.54) is 6.33 Å². The lowest BCUT2D eigenvalue weighted by molar-refractivity contribution is 0.525. The van der Waals surface area contributed by atoms with Crippen molar-refractivity contribution in [2.45, 2.75) is 13.0 Å². The lowest BCUT2D eigenvalue weighted by atomic mass is 10.2. The zero-order valence-electron chi connectivity index (χ0n) is 11.7. The third-order valence-corrected chi connectivity index (χ3v) is 3.56. The summed E-state index contributed by atoms with van der Waals surface area (Å²) in [5.41, 5.74) is 1.54. The van der Waals surface area contributed by atoms with Crippen LogP contribution < -0.4 is 10.6 Å². The summed E-state index contributed by atoms with van der Waals surface area (Å²) >= 11 is 6.05. The normalized spacial score (nSPS) is 12.3. The summed E-state index contributed by atoms with van der Waals surface area (Å²) in [7, 11) is 1.78. The molecule has 0 unspecified atom stereocenters. The van der Waals surface area contributed by atoms with E-state index in [0.717, 1.165) is 16.7 Å². The fraction of sp³-hybridized carbons (Fsp3) is 0.200. The molecule has 3 rings (SSSR count). The predicted octanol–water partition coefficient (Wildman–Crippen LogP) is 4.09. The molecule has 0 aliphatic rings. The van der Waals surface area contributed by atoms with Gasteiger partial charge in [-0.05, 0) is 19.1 Å². The molecule has 0 aliphatic carbocycles. The molecule has 0 radical (unpaired) electrons. The van der Waals surface area contributed by atoms with E-state index >= 15 is 0 Å². The first kappa shape index (κ1) is 13.7. The van der Waals surface area contributed by atoms with Gasteiger partial charge in [0.2, 0.25) is 0 Å². The van der Waals surface area contributed by atoms with Crippen molar-refractivity contribution in [3.05, 3.63) is 47.6 Å². The second kappa shape index (κ2) is 5.61. The molecule has 1 atom stereocenters. The number of fused-ring (bicyclic) bond motifs is 1. The highest BCUT2D eigenvalue weighted by Crippen LogP contribution is 2.30. The molecule has 0 spiro atoms. The number of hydrogen-bond acceptors (Lipinski definition) is 5. The summed E-state index contributed by atoms with van der Waals surface area (Å²) in [5, 5.41) is 7.75. The summed E-state index contributed by atoms with van der Waals surface area (Å²) in [6.07, 6.45) is 1.43. The topological polar surface area (TPSA) is 63.0 Å². The molecule has 0 fully saturated rings. The molecule has 6 heteroatoms. The number of anilines is 2. The van der Waals surface area contributed by atoms with Crippen LogP contribution >= 0.6 is 11.6 Å². The molecular formula is C15H15ClN4O. The van der Waals surface area contributed by atoms with Crippen LogP contribution in [-0.4, -0.2) is 17.0 Å². The Bertz CT molecular complexity index is 738. The van der Waals surface area contributed by atoms with Crippen LogP contribution in [0.2, 0.25) is 5.15 Å². The van der Waals surface area contributed by atoms with E-state index < -0.39 is 0 Å². The number of furan rings is 1. The van der Waals surface area contributed by atoms with E-state index in [9.17, 15) is 0 Å². The number of benzene rings is 1. The van der Waals surface area contributed by atoms with Gasteiger partial charge in [0.1, 0.15) is 23.4 Å². The third-order valence-electron chi connectivity index (χ3n) is 3.28. The van der Waals surface area contributed by atoms with Gasteiger partial charge in [0, 0.05) is 12.4 Å². The Morgan fingerprint density at radius 2 is 2.05 bits per heavy atom. The maximum Gasteiger partial charge on any atom is 0.157 e. The van der Waals surface area contributed by atoms with Crippen molar-refractivity contribution < 1.29 is 4.42 Å². The van der Waals surface area contributed by atoms with E-state index in [-0.39, 0.29) is 6.04 Å². The van der Waals surface area contributed by atoms with E-state index in [2.05, 4.69) is 20.6 Å². The average molecular weight is 303 g/mol. The highest BCUT2D eigenvalue weighted by molar-refractivity contribution is 6.32. The van der Waals surface area contributed by atoms with Gasteiger partial charge in [-0.1, -0.05) is 29.8 Å². The number of nitrogens with one attached hydrogen (secondary N) is 2. The monoisotopic (exact) mass is 302 g/mol. The molecule has 108 valence electrons. The zero-order valence-corrected chi connectivity index (χ0v) is 12.5. The maximum absolute atomic E-state index is 6.05. The molecule has 0 amide bonds. The van der Waals surface area contributed by atoms with Crippen molar-refractivity contribution in [1.29, 1.82) is 0 Å². The third kappa shape index (κ3) is 2.64. The van der Waals surface area contributed by atoms with Gasteiger partial charge < -0.3 is 15.1 Å². The van der Waals surface area contributed by atoms with Crippen LogP contribution in [0.4, 0.5) is 11.5 Å². The zero-order chi connectivity index (χ0) is 14.8. The second-order valence-corrected chi connectivity index (χ2v) is 5.05. The molecule has 21 heavy (non-hydrogen) atoms. The van der Waals surface area contributed by atoms with Crippen molar-refractivity contribution in [2.24, 2.45) is 0 Å². The molecule has 0 saturated heterocycles. The molecule has 0 aliphatic heterocycles. The van der Waals surface area contributed by atoms with E-state index in [0.29, 0.717) is 16.7 Å². The van der Waals surface area contributed by atoms with Crippen LogP contribution in [0.3, 0.4) is 0 Å². The second-order valence-electron chi connectivity index (χ2n) is 4.69. The first-order chi connectivity index (χ1) is 10.2. The van der Waals surface area contributed by atoms with Crippen LogP contribution in [-0.2, 0) is 0 Å². The van der Waals surface area contributed by atoms with Crippen molar-refractivity contribution >= 4 is 34.1 Å². The Kier molecular flexibility index (Phi) is 3.66. The van der Waals surface area contributed by atoms with Crippen molar-refractivity contribution in [1.82, 2.24) is 9.97 Å². The largest absolute Gasteiger partial charge is 0.459 e. The van der Waals surface area contributed by atoms with E-state index in [1.807, 2.05) is 37.3 Å². The molecule has 5 nitrogen and oxygen atoms in total. The lowest BCUT2D eigenvalue weighted by Crippen LogP contribution is -2.10. The fourth-order valence-corrected chi connectivity index (χ4v) is 2.41. The molecule has 2 aromatic heterocycles. The Labute approximate surface area is 127 Å². The van der Waals surface area contributed by atoms with Gasteiger partial charge in [-0.25, -0.2) is 9.97 Å². The van der Waals surface area contributed by atoms with Crippen molar-refractivity contribution in [3.8, 4) is 0 Å². The standard InChI is InChI=1S/C15H15ClN4O/c1-9(12-7-10-5-3-4-6-11(10)21-12)20-15-13(17-2)14(16)18-8-19-15/h3-9,17H,1-2H3,(H,18,19,20)/t9-/m1/s1. The van der Waals surface area contributed by atoms with Crippen LogP contribution in [0.15, 0.2) is 41.1 Å². The number of halogens is 1. The van der Waals surface area contributed by atoms with Crippen molar-refractivity contribution in [2.75, 3.05) is 17.7 Å². The maximum atomic E-state index is 6.05. The SMILES string of the molecule is CNc1c(Cl)ncnc1N[C@H](C)c1cc2ccccc2o1. The lowest BCUT2D eigenvalue weighted by Gasteiger charge is -2.15. The number of aromatic nitrogens is 2. The van der Waals surface area contributed by atoms with Gasteiger partial charge in [-0.2, -0.15) is 0 Å². The van der Waals surface area contributed by atoms with Gasteiger partial charge in [0.15, 0.2) is 11.0 Å². The first-order valence-electron chi connectivity index (χ1n) is 6.62. The van der Waals surface area contributed by atoms with Gasteiger partial charge in [-0.3, -0.25) is 0 Å². The smallest absolute Gasteiger partial charge is 0.157 e. The summed E-state index contributed by atoms with van der Waals surface area (Å²) in [5.74, 6) is 1.48.